The molecule has 174 valence electrons. The van der Waals surface area contributed by atoms with Gasteiger partial charge in [-0.05, 0) is 67.8 Å². The van der Waals surface area contributed by atoms with Crippen molar-refractivity contribution in [3.8, 4) is 5.75 Å². The summed E-state index contributed by atoms with van der Waals surface area (Å²) in [4.78, 5) is 27.9. The maximum Gasteiger partial charge on any atom is 0.300 e. The summed E-state index contributed by atoms with van der Waals surface area (Å²) >= 11 is 6.19. The van der Waals surface area contributed by atoms with Crippen LogP contribution in [0.15, 0.2) is 72.3 Å². The van der Waals surface area contributed by atoms with Crippen LogP contribution in [-0.4, -0.2) is 23.4 Å². The number of carbonyl (C=O) groups excluding carboxylic acids is 2. The van der Waals surface area contributed by atoms with Crippen LogP contribution in [0.5, 0.6) is 5.75 Å². The number of nitrogens with zero attached hydrogens (tertiary/aromatic N) is 1. The van der Waals surface area contributed by atoms with Gasteiger partial charge in [0.25, 0.3) is 11.7 Å². The number of Topliss-reactive ketones (excluding diaryl/α,β-unsaturated/α-hetero) is 1. The number of benzene rings is 3. The zero-order chi connectivity index (χ0) is 24.4. The molecule has 1 amide bonds. The lowest BCUT2D eigenvalue weighted by molar-refractivity contribution is -0.132. The molecule has 0 aromatic heterocycles. The number of ether oxygens (including phenoxy) is 1. The number of aliphatic hydroxyl groups excluding tert-OH is 1. The first kappa shape index (κ1) is 23.6. The Labute approximate surface area is 204 Å². The average Bonchev–Trinajstić information content (AvgIpc) is 3.08. The van der Waals surface area contributed by atoms with Gasteiger partial charge >= 0.3 is 0 Å². The number of carbonyl (C=O) groups is 2. The monoisotopic (exact) mass is 475 g/mol. The fourth-order valence-corrected chi connectivity index (χ4v) is 4.39. The number of rotatable bonds is 6. The third-order valence-corrected chi connectivity index (χ3v) is 6.03. The van der Waals surface area contributed by atoms with Crippen molar-refractivity contribution < 1.29 is 19.4 Å². The van der Waals surface area contributed by atoms with Gasteiger partial charge in [-0.25, -0.2) is 0 Å². The van der Waals surface area contributed by atoms with E-state index >= 15 is 0 Å². The molecular weight excluding hydrogens is 450 g/mol. The third kappa shape index (κ3) is 4.44. The Kier molecular flexibility index (Phi) is 6.75. The van der Waals surface area contributed by atoms with E-state index in [-0.39, 0.29) is 11.3 Å². The second-order valence-electron chi connectivity index (χ2n) is 8.39. The van der Waals surface area contributed by atoms with Gasteiger partial charge in [0.2, 0.25) is 0 Å². The van der Waals surface area contributed by atoms with Crippen LogP contribution in [0.3, 0.4) is 0 Å². The molecule has 1 heterocycles. The number of ketones is 1. The zero-order valence-corrected chi connectivity index (χ0v) is 20.1. The number of hydrogen-bond donors (Lipinski definition) is 1. The molecule has 0 radical (unpaired) electrons. The largest absolute Gasteiger partial charge is 0.507 e. The normalized spacial score (nSPS) is 17.3. The van der Waals surface area contributed by atoms with Gasteiger partial charge in [0, 0.05) is 16.3 Å². The van der Waals surface area contributed by atoms with Crippen molar-refractivity contribution in [1.82, 2.24) is 0 Å². The highest BCUT2D eigenvalue weighted by Gasteiger charge is 2.47. The maximum atomic E-state index is 13.3. The topological polar surface area (TPSA) is 66.8 Å². The molecule has 0 bridgehead atoms. The van der Waals surface area contributed by atoms with Crippen molar-refractivity contribution in [3.05, 3.63) is 99.6 Å². The molecule has 1 fully saturated rings. The van der Waals surface area contributed by atoms with Gasteiger partial charge in [-0.1, -0.05) is 54.4 Å². The molecule has 1 aliphatic heterocycles. The highest BCUT2D eigenvalue weighted by atomic mass is 35.5. The van der Waals surface area contributed by atoms with Crippen LogP contribution in [0, 0.1) is 13.8 Å². The van der Waals surface area contributed by atoms with Crippen LogP contribution in [0.25, 0.3) is 5.76 Å². The zero-order valence-electron chi connectivity index (χ0n) is 19.3. The Morgan fingerprint density at radius 3 is 2.47 bits per heavy atom. The highest BCUT2D eigenvalue weighted by molar-refractivity contribution is 6.51. The molecule has 1 aliphatic rings. The van der Waals surface area contributed by atoms with Crippen molar-refractivity contribution in [2.45, 2.75) is 33.2 Å². The van der Waals surface area contributed by atoms with Crippen molar-refractivity contribution in [2.75, 3.05) is 11.5 Å². The minimum Gasteiger partial charge on any atom is -0.507 e. The van der Waals surface area contributed by atoms with Crippen LogP contribution in [-0.2, 0) is 9.59 Å². The quantitative estimate of drug-likeness (QED) is 0.255. The first-order valence-corrected chi connectivity index (χ1v) is 11.6. The molecule has 1 N–H and O–H groups in total. The van der Waals surface area contributed by atoms with E-state index in [4.69, 9.17) is 16.3 Å². The molecule has 3 aromatic carbocycles. The summed E-state index contributed by atoms with van der Waals surface area (Å²) in [6.07, 6.45) is 0.880. The second-order valence-corrected chi connectivity index (χ2v) is 8.83. The second kappa shape index (κ2) is 9.74. The Hall–Kier alpha value is -3.57. The number of halogens is 1. The van der Waals surface area contributed by atoms with E-state index in [1.165, 1.54) is 4.90 Å². The van der Waals surface area contributed by atoms with E-state index in [0.29, 0.717) is 28.6 Å². The summed E-state index contributed by atoms with van der Waals surface area (Å²) in [7, 11) is 0. The van der Waals surface area contributed by atoms with Crippen molar-refractivity contribution in [2.24, 2.45) is 0 Å². The molecule has 0 spiro atoms. The first-order chi connectivity index (χ1) is 16.3. The van der Waals surface area contributed by atoms with E-state index in [9.17, 15) is 14.7 Å². The summed E-state index contributed by atoms with van der Waals surface area (Å²) in [5, 5.41) is 11.8. The molecular formula is C28H26ClNO4. The molecule has 3 aromatic rings. The summed E-state index contributed by atoms with van der Waals surface area (Å²) in [5.74, 6) is -0.963. The number of aliphatic hydroxyl groups is 1. The van der Waals surface area contributed by atoms with Gasteiger partial charge in [0.15, 0.2) is 0 Å². The smallest absolute Gasteiger partial charge is 0.300 e. The SMILES string of the molecule is CCCOc1ccc(/C(O)=C2\C(=O)C(=O)N(c3cccc(Cl)c3)C2c2cccc(C)c2)cc1C. The predicted octanol–water partition coefficient (Wildman–Crippen LogP) is 6.37. The minimum atomic E-state index is -0.797. The van der Waals surface area contributed by atoms with E-state index in [1.54, 1.807) is 42.5 Å². The average molecular weight is 476 g/mol. The van der Waals surface area contributed by atoms with Crippen molar-refractivity contribution in [1.29, 1.82) is 0 Å². The molecule has 0 aliphatic carbocycles. The third-order valence-electron chi connectivity index (χ3n) is 5.80. The van der Waals surface area contributed by atoms with Crippen LogP contribution >= 0.6 is 11.6 Å². The first-order valence-electron chi connectivity index (χ1n) is 11.2. The molecule has 1 unspecified atom stereocenters. The molecule has 1 atom stereocenters. The van der Waals surface area contributed by atoms with Gasteiger partial charge in [-0.2, -0.15) is 0 Å². The van der Waals surface area contributed by atoms with Crippen molar-refractivity contribution in [3.63, 3.8) is 0 Å². The van der Waals surface area contributed by atoms with E-state index in [2.05, 4.69) is 0 Å². The van der Waals surface area contributed by atoms with E-state index in [1.807, 2.05) is 45.0 Å². The number of amides is 1. The summed E-state index contributed by atoms with van der Waals surface area (Å²) < 4.78 is 5.73. The number of anilines is 1. The molecule has 0 saturated carbocycles. The van der Waals surface area contributed by atoms with Crippen LogP contribution in [0.2, 0.25) is 5.02 Å². The lowest BCUT2D eigenvalue weighted by Gasteiger charge is -2.26. The van der Waals surface area contributed by atoms with Gasteiger partial charge < -0.3 is 9.84 Å². The van der Waals surface area contributed by atoms with Crippen LogP contribution in [0.1, 0.15) is 41.6 Å². The summed E-state index contributed by atoms with van der Waals surface area (Å²) in [5.41, 5.74) is 3.50. The van der Waals surface area contributed by atoms with E-state index in [0.717, 1.165) is 23.1 Å². The fourth-order valence-electron chi connectivity index (χ4n) is 4.21. The van der Waals surface area contributed by atoms with Crippen LogP contribution < -0.4 is 9.64 Å². The standard InChI is InChI=1S/C28H26ClNO4/c1-4-13-34-23-12-11-20(15-18(23)3)26(31)24-25(19-8-5-7-17(2)14-19)30(28(33)27(24)32)22-10-6-9-21(29)16-22/h5-12,14-16,25,31H,4,13H2,1-3H3/b26-24+. The predicted molar refractivity (Wildman–Crippen MR) is 134 cm³/mol. The number of aryl methyl sites for hydroxylation is 2. The highest BCUT2D eigenvalue weighted by Crippen LogP contribution is 2.43. The maximum absolute atomic E-state index is 13.3. The van der Waals surface area contributed by atoms with Crippen LogP contribution in [0.4, 0.5) is 5.69 Å². The molecule has 6 heteroatoms. The Balaban J connectivity index is 1.89. The number of hydrogen-bond acceptors (Lipinski definition) is 4. The molecule has 1 saturated heterocycles. The lowest BCUT2D eigenvalue weighted by atomic mass is 9.94. The summed E-state index contributed by atoms with van der Waals surface area (Å²) in [6.45, 7) is 6.43. The van der Waals surface area contributed by atoms with Crippen molar-refractivity contribution >= 4 is 34.7 Å². The Bertz CT molecular complexity index is 1300. The molecule has 34 heavy (non-hydrogen) atoms. The van der Waals surface area contributed by atoms with Gasteiger partial charge in [0.1, 0.15) is 11.5 Å². The minimum absolute atomic E-state index is 0.0391. The summed E-state index contributed by atoms with van der Waals surface area (Å²) in [6, 6.07) is 18.8. The molecule has 4 rings (SSSR count). The van der Waals surface area contributed by atoms with E-state index < -0.39 is 17.7 Å². The Morgan fingerprint density at radius 1 is 1.03 bits per heavy atom. The Morgan fingerprint density at radius 2 is 1.79 bits per heavy atom. The van der Waals surface area contributed by atoms with Gasteiger partial charge in [-0.15, -0.1) is 0 Å². The van der Waals surface area contributed by atoms with Gasteiger partial charge in [-0.3, -0.25) is 14.5 Å². The molecule has 5 nitrogen and oxygen atoms in total. The fraction of sp³-hybridized carbons (Fsp3) is 0.214. The lowest BCUT2D eigenvalue weighted by Crippen LogP contribution is -2.29. The van der Waals surface area contributed by atoms with Gasteiger partial charge in [0.05, 0.1) is 18.2 Å².